The van der Waals surface area contributed by atoms with Gasteiger partial charge in [-0.3, -0.25) is 0 Å². The lowest BCUT2D eigenvalue weighted by atomic mass is 10.2. The summed E-state index contributed by atoms with van der Waals surface area (Å²) in [5, 5.41) is 6.83. The summed E-state index contributed by atoms with van der Waals surface area (Å²) in [4.78, 5) is 9.36. The number of hydrogen-bond acceptors (Lipinski definition) is 12. The molecule has 6 rings (SSSR count). The molecular weight excluding hydrogens is 670 g/mol. The third kappa shape index (κ3) is 10.1. The van der Waals surface area contributed by atoms with Crippen molar-refractivity contribution in [2.24, 2.45) is 0 Å². The predicted octanol–water partition coefficient (Wildman–Crippen LogP) is -3.27. The molecule has 0 spiro atoms. The Morgan fingerprint density at radius 1 is 0.556 bits per heavy atom. The van der Waals surface area contributed by atoms with Crippen molar-refractivity contribution in [2.45, 2.75) is 12.8 Å². The van der Waals surface area contributed by atoms with Crippen LogP contribution in [0.25, 0.3) is 0 Å². The first-order valence-electron chi connectivity index (χ1n) is 13.8. The Hall–Kier alpha value is -3.36. The topological polar surface area (TPSA) is 157 Å². The number of halogens is 4. The molecular formula is C28H42Cl4N8O5-2. The first-order chi connectivity index (χ1) is 19.6. The Labute approximate surface area is 288 Å². The van der Waals surface area contributed by atoms with Gasteiger partial charge in [0.15, 0.2) is 23.0 Å². The van der Waals surface area contributed by atoms with Gasteiger partial charge in [-0.05, 0) is 12.8 Å². The maximum Gasteiger partial charge on any atom is 0.231 e. The minimum absolute atomic E-state index is 0. The van der Waals surface area contributed by atoms with Gasteiger partial charge in [0.25, 0.3) is 0 Å². The number of rotatable bonds is 13. The Morgan fingerprint density at radius 3 is 1.27 bits per heavy atom. The van der Waals surface area contributed by atoms with E-state index in [0.717, 1.165) is 88.3 Å². The average molecular weight is 713 g/mol. The van der Waals surface area contributed by atoms with Crippen LogP contribution in [0.15, 0.2) is 49.1 Å². The van der Waals surface area contributed by atoms with Crippen LogP contribution in [0.1, 0.15) is 12.8 Å². The Morgan fingerprint density at radius 2 is 0.889 bits per heavy atom. The number of ether oxygens (including phenoxy) is 4. The van der Waals surface area contributed by atoms with E-state index < -0.39 is 0 Å². The van der Waals surface area contributed by atoms with E-state index in [1.807, 2.05) is 24.3 Å². The van der Waals surface area contributed by atoms with E-state index in [4.69, 9.17) is 30.4 Å². The van der Waals surface area contributed by atoms with Gasteiger partial charge < -0.3 is 90.9 Å². The lowest BCUT2D eigenvalue weighted by Crippen LogP contribution is -3.00. The van der Waals surface area contributed by atoms with E-state index in [2.05, 4.69) is 55.0 Å². The molecule has 0 amide bonds. The van der Waals surface area contributed by atoms with E-state index in [1.54, 1.807) is 0 Å². The first-order valence-corrected chi connectivity index (χ1v) is 13.8. The molecule has 0 saturated carbocycles. The van der Waals surface area contributed by atoms with Gasteiger partial charge in [-0.25, -0.2) is 0 Å². The maximum absolute atomic E-state index is 6.14. The summed E-state index contributed by atoms with van der Waals surface area (Å²) < 4.78 is 21.6. The van der Waals surface area contributed by atoms with Gasteiger partial charge in [-0.1, -0.05) is 0 Å². The van der Waals surface area contributed by atoms with Gasteiger partial charge in [-0.2, -0.15) is 0 Å². The van der Waals surface area contributed by atoms with Gasteiger partial charge in [0.05, 0.1) is 36.1 Å². The van der Waals surface area contributed by atoms with E-state index in [1.165, 1.54) is 0 Å². The normalized spacial score (nSPS) is 14.7. The highest BCUT2D eigenvalue weighted by Crippen LogP contribution is 2.39. The zero-order chi connectivity index (χ0) is 27.3. The Balaban J connectivity index is 0.00000202. The van der Waals surface area contributed by atoms with Crippen LogP contribution in [0, 0.1) is 0 Å². The molecule has 0 atom stereocenters. The molecule has 0 bridgehead atoms. The van der Waals surface area contributed by atoms with Crippen LogP contribution < -0.4 is 65.9 Å². The van der Waals surface area contributed by atoms with Gasteiger partial charge in [0.1, 0.15) is 0 Å². The maximum atomic E-state index is 6.14. The molecule has 17 heteroatoms. The molecule has 2 aromatic rings. The van der Waals surface area contributed by atoms with E-state index >= 15 is 0 Å². The molecule has 0 aromatic heterocycles. The molecule has 2 aromatic carbocycles. The molecule has 0 unspecified atom stereocenters. The van der Waals surface area contributed by atoms with Crippen molar-refractivity contribution < 1.29 is 49.2 Å². The highest BCUT2D eigenvalue weighted by molar-refractivity contribution is 5.85. The van der Waals surface area contributed by atoms with Crippen LogP contribution in [-0.2, 0) is 0 Å². The van der Waals surface area contributed by atoms with Crippen molar-refractivity contribution in [3.05, 3.63) is 49.1 Å². The molecule has 0 radical (unpaired) electrons. The van der Waals surface area contributed by atoms with Crippen LogP contribution in [-0.4, -0.2) is 91.3 Å². The van der Waals surface area contributed by atoms with Gasteiger partial charge >= 0.3 is 0 Å². The molecule has 0 saturated heterocycles. The average Bonchev–Trinajstić information content (AvgIpc) is 3.75. The predicted molar refractivity (Wildman–Crippen MR) is 173 cm³/mol. The smallest absolute Gasteiger partial charge is 0.231 e. The van der Waals surface area contributed by atoms with Crippen LogP contribution in [0.3, 0.4) is 0 Å². The number of fused-ring (bicyclic) bond motifs is 2. The molecule has 8 N–H and O–H groups in total. The van der Waals surface area contributed by atoms with Crippen molar-refractivity contribution in [2.75, 3.05) is 88.3 Å². The zero-order valence-corrected chi connectivity index (χ0v) is 27.9. The number of anilines is 4. The number of unbranched alkanes of at least 4 members (excludes halogenated alkanes) is 1. The summed E-state index contributed by atoms with van der Waals surface area (Å²) in [6, 6.07) is 7.45. The summed E-state index contributed by atoms with van der Waals surface area (Å²) in [6.45, 7) is 7.80. The number of nitrogens with one attached hydrogen (secondary N) is 2. The molecule has 0 aliphatic carbocycles. The largest absolute Gasteiger partial charge is 1.00 e. The Bertz CT molecular complexity index is 1180. The number of nitrogens with zero attached hydrogens (tertiary/aromatic N) is 4. The number of benzene rings is 2. The number of nitrogen functional groups attached to an aromatic ring is 2. The van der Waals surface area contributed by atoms with E-state index in [-0.39, 0.29) is 68.7 Å². The van der Waals surface area contributed by atoms with Crippen molar-refractivity contribution in [1.82, 2.24) is 19.6 Å². The minimum atomic E-state index is 0. The SMILES string of the molecule is Cl.Cl.Nc1cc2c(cc1NCCN1C=CN(CCCCN3C=CN(CCNc4cc5c(cc4N)OCO5)C3)C1)OCO2.O.[Cl-].[Cl-]. The van der Waals surface area contributed by atoms with Gasteiger partial charge in [0, 0.05) is 88.3 Å². The van der Waals surface area contributed by atoms with E-state index in [9.17, 15) is 0 Å². The van der Waals surface area contributed by atoms with E-state index in [0.29, 0.717) is 22.9 Å². The molecule has 4 heterocycles. The third-order valence-electron chi connectivity index (χ3n) is 7.36. The van der Waals surface area contributed by atoms with Crippen molar-refractivity contribution in [3.8, 4) is 23.0 Å². The highest BCUT2D eigenvalue weighted by atomic mass is 35.5. The second-order valence-corrected chi connectivity index (χ2v) is 10.3. The summed E-state index contributed by atoms with van der Waals surface area (Å²) in [5.74, 6) is 2.88. The lowest BCUT2D eigenvalue weighted by Gasteiger charge is -2.23. The molecule has 0 fully saturated rings. The number of nitrogens with two attached hydrogens (primary N) is 2. The Kier molecular flexibility index (Phi) is 16.4. The van der Waals surface area contributed by atoms with Crippen LogP contribution in [0.5, 0.6) is 23.0 Å². The summed E-state index contributed by atoms with van der Waals surface area (Å²) in [6.07, 6.45) is 11.0. The molecule has 254 valence electrons. The minimum Gasteiger partial charge on any atom is -1.00 e. The van der Waals surface area contributed by atoms with Crippen molar-refractivity contribution in [1.29, 1.82) is 0 Å². The third-order valence-corrected chi connectivity index (χ3v) is 7.36. The monoisotopic (exact) mass is 710 g/mol. The van der Waals surface area contributed by atoms with Crippen LogP contribution in [0.2, 0.25) is 0 Å². The summed E-state index contributed by atoms with van der Waals surface area (Å²) >= 11 is 0. The molecule has 4 aliphatic rings. The molecule has 13 nitrogen and oxygen atoms in total. The second-order valence-electron chi connectivity index (χ2n) is 10.3. The van der Waals surface area contributed by atoms with Crippen LogP contribution >= 0.6 is 24.8 Å². The van der Waals surface area contributed by atoms with Gasteiger partial charge in [0.2, 0.25) is 13.6 Å². The standard InChI is InChI=1S/C28H38N8O4.4ClH.H2O/c29-21-13-25-27(39-19-37-25)15-23(21)31-3-7-35-11-9-33(17-35)5-1-2-6-34-10-12-36(18-34)8-4-32-24-16-28-26(14-22(24)30)38-20-40-28;;;;;/h9-16,31-32H,1-8,17-20,29-30H2;4*1H;1H2/p-2. The zero-order valence-electron chi connectivity index (χ0n) is 24.8. The fourth-order valence-electron chi connectivity index (χ4n) is 5.13. The number of hydrogen-bond donors (Lipinski definition) is 4. The molecule has 4 aliphatic heterocycles. The molecule has 45 heavy (non-hydrogen) atoms. The summed E-state index contributed by atoms with van der Waals surface area (Å²) in [7, 11) is 0. The lowest BCUT2D eigenvalue weighted by molar-refractivity contribution is -0.00100. The first kappa shape index (κ1) is 39.7. The van der Waals surface area contributed by atoms with Crippen molar-refractivity contribution in [3.63, 3.8) is 0 Å². The fourth-order valence-corrected chi connectivity index (χ4v) is 5.13. The van der Waals surface area contributed by atoms with Crippen molar-refractivity contribution >= 4 is 47.6 Å². The second kappa shape index (κ2) is 18.6. The van der Waals surface area contributed by atoms with Gasteiger partial charge in [-0.15, -0.1) is 24.8 Å². The quantitative estimate of drug-likeness (QED) is 0.122. The fraction of sp³-hybridized carbons (Fsp3) is 0.429. The highest BCUT2D eigenvalue weighted by Gasteiger charge is 2.18. The van der Waals surface area contributed by atoms with Crippen LogP contribution in [0.4, 0.5) is 22.7 Å². The summed E-state index contributed by atoms with van der Waals surface area (Å²) in [5.41, 5.74) is 15.4.